The van der Waals surface area contributed by atoms with E-state index in [1.807, 2.05) is 30.5 Å². The lowest BCUT2D eigenvalue weighted by molar-refractivity contribution is 0.164. The summed E-state index contributed by atoms with van der Waals surface area (Å²) in [5.74, 6) is 1.21. The smallest absolute Gasteiger partial charge is 0.247 e. The van der Waals surface area contributed by atoms with Crippen LogP contribution in [0.4, 0.5) is 0 Å². The Balaban J connectivity index is 1.53. The van der Waals surface area contributed by atoms with Crippen molar-refractivity contribution in [3.63, 3.8) is 0 Å². The highest BCUT2D eigenvalue weighted by molar-refractivity contribution is 5.52. The number of nitrogens with zero attached hydrogens (tertiary/aromatic N) is 5. The number of aromatic nitrogens is 4. The van der Waals surface area contributed by atoms with Gasteiger partial charge in [0.1, 0.15) is 6.33 Å². The zero-order valence-corrected chi connectivity index (χ0v) is 13.8. The molecule has 2 aromatic heterocycles. The maximum Gasteiger partial charge on any atom is 0.247 e. The molecule has 0 spiro atoms. The second kappa shape index (κ2) is 6.13. The lowest BCUT2D eigenvalue weighted by atomic mass is 10.1. The molecule has 3 aromatic rings. The molecule has 0 radical (unpaired) electrons. The highest BCUT2D eigenvalue weighted by Gasteiger charge is 2.26. The molecule has 1 aliphatic rings. The lowest BCUT2D eigenvalue weighted by Crippen LogP contribution is -2.33. The van der Waals surface area contributed by atoms with Crippen molar-refractivity contribution in [3.05, 3.63) is 59.5 Å². The number of hydrogen-bond donors (Lipinski definition) is 0. The van der Waals surface area contributed by atoms with E-state index in [9.17, 15) is 0 Å². The molecule has 0 N–H and O–H groups in total. The quantitative estimate of drug-likeness (QED) is 0.739. The van der Waals surface area contributed by atoms with Gasteiger partial charge in [0.05, 0.1) is 11.7 Å². The van der Waals surface area contributed by atoms with Crippen LogP contribution in [0, 0.1) is 6.92 Å². The molecule has 3 heterocycles. The standard InChI is InChI=1S/C18H19N5O/c1-12-3-5-14(6-4-12)18-22-21-17(24-18)13(2)23-8-7-15-9-19-11-20-16(15)10-23/h3-6,9,11,13H,7-8,10H2,1-2H3/t13-/m1/s1. The van der Waals surface area contributed by atoms with Crippen molar-refractivity contribution in [3.8, 4) is 11.5 Å². The highest BCUT2D eigenvalue weighted by atomic mass is 16.4. The fourth-order valence-electron chi connectivity index (χ4n) is 2.97. The molecular formula is C18H19N5O. The zero-order chi connectivity index (χ0) is 16.5. The van der Waals surface area contributed by atoms with Crippen molar-refractivity contribution < 1.29 is 4.42 Å². The Morgan fingerprint density at radius 2 is 2.00 bits per heavy atom. The summed E-state index contributed by atoms with van der Waals surface area (Å²) >= 11 is 0. The summed E-state index contributed by atoms with van der Waals surface area (Å²) in [5, 5.41) is 8.46. The van der Waals surface area contributed by atoms with Crippen LogP contribution in [0.1, 0.15) is 35.7 Å². The van der Waals surface area contributed by atoms with Gasteiger partial charge in [0.2, 0.25) is 11.8 Å². The third-order valence-corrected chi connectivity index (χ3v) is 4.55. The first-order valence-corrected chi connectivity index (χ1v) is 8.13. The number of aryl methyl sites for hydroxylation is 1. The fraction of sp³-hybridized carbons (Fsp3) is 0.333. The molecule has 6 heteroatoms. The molecule has 4 rings (SSSR count). The summed E-state index contributed by atoms with van der Waals surface area (Å²) in [4.78, 5) is 10.8. The molecule has 1 aromatic carbocycles. The van der Waals surface area contributed by atoms with Crippen LogP contribution >= 0.6 is 0 Å². The van der Waals surface area contributed by atoms with Crippen molar-refractivity contribution in [2.45, 2.75) is 32.9 Å². The first kappa shape index (κ1) is 15.0. The van der Waals surface area contributed by atoms with Crippen molar-refractivity contribution in [2.75, 3.05) is 6.54 Å². The van der Waals surface area contributed by atoms with E-state index < -0.39 is 0 Å². The van der Waals surface area contributed by atoms with Crippen molar-refractivity contribution in [1.82, 2.24) is 25.1 Å². The van der Waals surface area contributed by atoms with Crippen LogP contribution in [0.2, 0.25) is 0 Å². The van der Waals surface area contributed by atoms with Gasteiger partial charge in [0.25, 0.3) is 0 Å². The Kier molecular flexibility index (Phi) is 3.82. The molecule has 0 fully saturated rings. The van der Waals surface area contributed by atoms with E-state index in [4.69, 9.17) is 4.42 Å². The van der Waals surface area contributed by atoms with Gasteiger partial charge in [0.15, 0.2) is 0 Å². The number of fused-ring (bicyclic) bond motifs is 1. The minimum atomic E-state index is 0.0554. The second-order valence-electron chi connectivity index (χ2n) is 6.20. The summed E-state index contributed by atoms with van der Waals surface area (Å²) < 4.78 is 5.92. The monoisotopic (exact) mass is 321 g/mol. The topological polar surface area (TPSA) is 67.9 Å². The summed E-state index contributed by atoms with van der Waals surface area (Å²) in [6.45, 7) is 5.87. The number of hydrogen-bond acceptors (Lipinski definition) is 6. The predicted molar refractivity (Wildman–Crippen MR) is 89.0 cm³/mol. The molecule has 122 valence electrons. The second-order valence-corrected chi connectivity index (χ2v) is 6.20. The minimum Gasteiger partial charge on any atom is -0.419 e. The molecule has 0 saturated heterocycles. The minimum absolute atomic E-state index is 0.0554. The third kappa shape index (κ3) is 2.80. The van der Waals surface area contributed by atoms with E-state index >= 15 is 0 Å². The van der Waals surface area contributed by atoms with Gasteiger partial charge in [-0.2, -0.15) is 0 Å². The molecular weight excluding hydrogens is 302 g/mol. The molecule has 0 saturated carbocycles. The van der Waals surface area contributed by atoms with Gasteiger partial charge >= 0.3 is 0 Å². The van der Waals surface area contributed by atoms with E-state index in [0.717, 1.165) is 30.8 Å². The van der Waals surface area contributed by atoms with Gasteiger partial charge in [0, 0.05) is 24.8 Å². The normalized spacial score (nSPS) is 15.9. The van der Waals surface area contributed by atoms with Gasteiger partial charge in [-0.05, 0) is 38.0 Å². The van der Waals surface area contributed by atoms with Crippen LogP contribution < -0.4 is 0 Å². The number of rotatable bonds is 3. The van der Waals surface area contributed by atoms with Crippen molar-refractivity contribution >= 4 is 0 Å². The van der Waals surface area contributed by atoms with Gasteiger partial charge in [-0.25, -0.2) is 9.97 Å². The molecule has 1 aliphatic heterocycles. The van der Waals surface area contributed by atoms with E-state index in [-0.39, 0.29) is 6.04 Å². The van der Waals surface area contributed by atoms with E-state index in [1.165, 1.54) is 11.1 Å². The molecule has 0 unspecified atom stereocenters. The Hall–Kier alpha value is -2.60. The van der Waals surface area contributed by atoms with Crippen LogP contribution in [0.3, 0.4) is 0 Å². The molecule has 24 heavy (non-hydrogen) atoms. The van der Waals surface area contributed by atoms with E-state index in [2.05, 4.69) is 38.9 Å². The van der Waals surface area contributed by atoms with Crippen molar-refractivity contribution in [2.24, 2.45) is 0 Å². The van der Waals surface area contributed by atoms with Gasteiger partial charge in [-0.15, -0.1) is 10.2 Å². The Morgan fingerprint density at radius 1 is 1.17 bits per heavy atom. The average Bonchev–Trinajstić information content (AvgIpc) is 3.11. The molecule has 0 amide bonds. The Labute approximate surface area is 140 Å². The maximum atomic E-state index is 5.92. The van der Waals surface area contributed by atoms with E-state index in [1.54, 1.807) is 6.33 Å². The fourth-order valence-corrected chi connectivity index (χ4v) is 2.97. The maximum absolute atomic E-state index is 5.92. The van der Waals surface area contributed by atoms with Gasteiger partial charge < -0.3 is 4.42 Å². The van der Waals surface area contributed by atoms with Crippen LogP contribution in [-0.4, -0.2) is 31.6 Å². The van der Waals surface area contributed by atoms with E-state index in [0.29, 0.717) is 11.8 Å². The Bertz CT molecular complexity index is 843. The third-order valence-electron chi connectivity index (χ3n) is 4.55. The van der Waals surface area contributed by atoms with Crippen LogP contribution in [0.25, 0.3) is 11.5 Å². The number of benzene rings is 1. The summed E-state index contributed by atoms with van der Waals surface area (Å²) in [7, 11) is 0. The van der Waals surface area contributed by atoms with Crippen LogP contribution in [0.15, 0.2) is 41.2 Å². The summed E-state index contributed by atoms with van der Waals surface area (Å²) in [5.41, 5.74) is 4.47. The molecule has 0 aliphatic carbocycles. The van der Waals surface area contributed by atoms with Gasteiger partial charge in [-0.1, -0.05) is 17.7 Å². The lowest BCUT2D eigenvalue weighted by Gasteiger charge is -2.30. The largest absolute Gasteiger partial charge is 0.419 e. The zero-order valence-electron chi connectivity index (χ0n) is 13.8. The first-order chi connectivity index (χ1) is 11.7. The van der Waals surface area contributed by atoms with Crippen molar-refractivity contribution in [1.29, 1.82) is 0 Å². The van der Waals surface area contributed by atoms with Crippen LogP contribution in [0.5, 0.6) is 0 Å². The summed E-state index contributed by atoms with van der Waals surface area (Å²) in [6, 6.07) is 8.16. The first-order valence-electron chi connectivity index (χ1n) is 8.13. The predicted octanol–water partition coefficient (Wildman–Crippen LogP) is 2.95. The highest BCUT2D eigenvalue weighted by Crippen LogP contribution is 2.27. The molecule has 1 atom stereocenters. The Morgan fingerprint density at radius 3 is 2.83 bits per heavy atom. The SMILES string of the molecule is Cc1ccc(-c2nnc([C@@H](C)N3CCc4cncnc4C3)o2)cc1. The summed E-state index contributed by atoms with van der Waals surface area (Å²) in [6.07, 6.45) is 4.46. The van der Waals surface area contributed by atoms with Crippen LogP contribution in [-0.2, 0) is 13.0 Å². The molecule has 6 nitrogen and oxygen atoms in total. The molecule has 0 bridgehead atoms. The average molecular weight is 321 g/mol. The van der Waals surface area contributed by atoms with Gasteiger partial charge in [-0.3, -0.25) is 4.90 Å².